The molecule has 0 aliphatic rings. The molecule has 0 rings (SSSR count). The predicted molar refractivity (Wildman–Crippen MR) is 74.6 cm³/mol. The first kappa shape index (κ1) is 17.2. The molecule has 3 heteroatoms. The highest BCUT2D eigenvalue weighted by Gasteiger charge is 1.95. The fourth-order valence-electron chi connectivity index (χ4n) is 1.86. The van der Waals surface area contributed by atoms with Crippen LogP contribution in [0.5, 0.6) is 0 Å². The summed E-state index contributed by atoms with van der Waals surface area (Å²) in [5, 5.41) is 17.1. The van der Waals surface area contributed by atoms with Gasteiger partial charge >= 0.3 is 5.97 Å². The van der Waals surface area contributed by atoms with Gasteiger partial charge in [-0.25, -0.2) is 0 Å². The van der Waals surface area contributed by atoms with Crippen molar-refractivity contribution >= 4 is 5.97 Å². The van der Waals surface area contributed by atoms with E-state index in [9.17, 15) is 4.79 Å². The molecule has 0 aromatic heterocycles. The topological polar surface area (TPSA) is 57.5 Å². The smallest absolute Gasteiger partial charge is 0.303 e. The van der Waals surface area contributed by atoms with Crippen LogP contribution in [0.4, 0.5) is 0 Å². The van der Waals surface area contributed by atoms with Crippen LogP contribution in [0.1, 0.15) is 70.6 Å². The molecule has 2 N–H and O–H groups in total. The summed E-state index contributed by atoms with van der Waals surface area (Å²) in [6.07, 6.45) is 15.7. The van der Waals surface area contributed by atoms with Gasteiger partial charge in [-0.1, -0.05) is 37.8 Å². The second-order valence-corrected chi connectivity index (χ2v) is 4.74. The molecule has 0 aromatic carbocycles. The maximum Gasteiger partial charge on any atom is 0.303 e. The molecule has 106 valence electrons. The number of carboxylic acids is 1. The molecule has 18 heavy (non-hydrogen) atoms. The van der Waals surface area contributed by atoms with Gasteiger partial charge in [0.15, 0.2) is 0 Å². The summed E-state index contributed by atoms with van der Waals surface area (Å²) in [6, 6.07) is 0. The molecule has 0 aromatic rings. The average molecular weight is 256 g/mol. The van der Waals surface area contributed by atoms with Crippen molar-refractivity contribution in [2.45, 2.75) is 70.6 Å². The van der Waals surface area contributed by atoms with E-state index in [1.165, 1.54) is 19.3 Å². The number of aliphatic hydroxyl groups excluding tert-OH is 1. The molecule has 0 fully saturated rings. The molecule has 0 spiro atoms. The first-order valence-electron chi connectivity index (χ1n) is 7.25. The monoisotopic (exact) mass is 256 g/mol. The summed E-state index contributed by atoms with van der Waals surface area (Å²) in [7, 11) is 0. The highest BCUT2D eigenvalue weighted by molar-refractivity contribution is 5.66. The van der Waals surface area contributed by atoms with E-state index in [0.717, 1.165) is 44.9 Å². The zero-order valence-corrected chi connectivity index (χ0v) is 11.4. The molecule has 0 saturated heterocycles. The molecule has 0 radical (unpaired) electrons. The van der Waals surface area contributed by atoms with Gasteiger partial charge in [-0.05, 0) is 38.5 Å². The minimum atomic E-state index is -0.684. The van der Waals surface area contributed by atoms with Crippen molar-refractivity contribution in [2.24, 2.45) is 0 Å². The van der Waals surface area contributed by atoms with Crippen molar-refractivity contribution < 1.29 is 15.0 Å². The van der Waals surface area contributed by atoms with E-state index < -0.39 is 5.97 Å². The van der Waals surface area contributed by atoms with Crippen LogP contribution in [0.2, 0.25) is 0 Å². The largest absolute Gasteiger partial charge is 0.481 e. The third kappa shape index (κ3) is 15.2. The van der Waals surface area contributed by atoms with Gasteiger partial charge in [-0.3, -0.25) is 4.79 Å². The average Bonchev–Trinajstić information content (AvgIpc) is 2.34. The van der Waals surface area contributed by atoms with Gasteiger partial charge in [0.1, 0.15) is 0 Å². The number of carboxylic acid groups (broad SMARTS) is 1. The van der Waals surface area contributed by atoms with Crippen molar-refractivity contribution in [3.8, 4) is 0 Å². The van der Waals surface area contributed by atoms with Crippen LogP contribution in [0.25, 0.3) is 0 Å². The summed E-state index contributed by atoms with van der Waals surface area (Å²) in [5.41, 5.74) is 0. The Bertz CT molecular complexity index is 212. The quantitative estimate of drug-likeness (QED) is 0.388. The zero-order valence-electron chi connectivity index (χ0n) is 11.4. The standard InChI is InChI=1S/C15H28O3/c16-14-12-10-8-6-4-2-1-3-5-7-9-11-13-15(17)18/h1-2,16H,3-14H2,(H,17,18)/b2-1-. The van der Waals surface area contributed by atoms with E-state index in [-0.39, 0.29) is 0 Å². The molecular formula is C15H28O3. The third-order valence-electron chi connectivity index (χ3n) is 2.96. The lowest BCUT2D eigenvalue weighted by atomic mass is 10.1. The molecule has 0 atom stereocenters. The van der Waals surface area contributed by atoms with Crippen LogP contribution in [0.15, 0.2) is 12.2 Å². The van der Waals surface area contributed by atoms with Crippen molar-refractivity contribution in [1.29, 1.82) is 0 Å². The summed E-state index contributed by atoms with van der Waals surface area (Å²) in [4.78, 5) is 10.3. The van der Waals surface area contributed by atoms with Gasteiger partial charge in [0.05, 0.1) is 0 Å². The SMILES string of the molecule is O=C(O)CCCCCC/C=C\CCCCCCO. The number of allylic oxidation sites excluding steroid dienone is 2. The number of hydrogen-bond acceptors (Lipinski definition) is 2. The Morgan fingerprint density at radius 2 is 1.28 bits per heavy atom. The molecule has 0 unspecified atom stereocenters. The fraction of sp³-hybridized carbons (Fsp3) is 0.800. The number of carbonyl (C=O) groups is 1. The maximum absolute atomic E-state index is 10.3. The Balaban J connectivity index is 3.06. The van der Waals surface area contributed by atoms with E-state index in [1.54, 1.807) is 0 Å². The van der Waals surface area contributed by atoms with Gasteiger partial charge < -0.3 is 10.2 Å². The van der Waals surface area contributed by atoms with Gasteiger partial charge in [0, 0.05) is 13.0 Å². The lowest BCUT2D eigenvalue weighted by molar-refractivity contribution is -0.137. The Hall–Kier alpha value is -0.830. The number of rotatable bonds is 13. The third-order valence-corrected chi connectivity index (χ3v) is 2.96. The van der Waals surface area contributed by atoms with E-state index in [1.807, 2.05) is 0 Å². The van der Waals surface area contributed by atoms with Crippen molar-refractivity contribution in [3.05, 3.63) is 12.2 Å². The summed E-state index contributed by atoms with van der Waals surface area (Å²) in [5.74, 6) is -0.684. The molecule has 0 aliphatic carbocycles. The zero-order chi connectivity index (χ0) is 13.5. The lowest BCUT2D eigenvalue weighted by Gasteiger charge is -1.97. The van der Waals surface area contributed by atoms with E-state index in [0.29, 0.717) is 13.0 Å². The van der Waals surface area contributed by atoms with Gasteiger partial charge in [0.25, 0.3) is 0 Å². The van der Waals surface area contributed by atoms with E-state index in [2.05, 4.69) is 12.2 Å². The Morgan fingerprint density at radius 1 is 0.778 bits per heavy atom. The predicted octanol–water partition coefficient (Wildman–Crippen LogP) is 3.91. The van der Waals surface area contributed by atoms with E-state index >= 15 is 0 Å². The van der Waals surface area contributed by atoms with Crippen LogP contribution in [-0.2, 0) is 4.79 Å². The summed E-state index contributed by atoms with van der Waals surface area (Å²) >= 11 is 0. The van der Waals surface area contributed by atoms with Gasteiger partial charge in [-0.15, -0.1) is 0 Å². The maximum atomic E-state index is 10.3. The highest BCUT2D eigenvalue weighted by Crippen LogP contribution is 2.07. The number of unbranched alkanes of at least 4 members (excludes halogenated alkanes) is 8. The lowest BCUT2D eigenvalue weighted by Crippen LogP contribution is -1.93. The first-order chi connectivity index (χ1) is 8.77. The summed E-state index contributed by atoms with van der Waals surface area (Å²) < 4.78 is 0. The molecule has 3 nitrogen and oxygen atoms in total. The molecule has 0 aliphatic heterocycles. The number of aliphatic hydroxyl groups is 1. The number of hydrogen-bond donors (Lipinski definition) is 2. The Kier molecular flexibility index (Phi) is 13.6. The van der Waals surface area contributed by atoms with Crippen molar-refractivity contribution in [3.63, 3.8) is 0 Å². The van der Waals surface area contributed by atoms with Crippen LogP contribution in [0.3, 0.4) is 0 Å². The second-order valence-electron chi connectivity index (χ2n) is 4.74. The normalized spacial score (nSPS) is 11.2. The summed E-state index contributed by atoms with van der Waals surface area (Å²) in [6.45, 7) is 0.317. The Morgan fingerprint density at radius 3 is 1.78 bits per heavy atom. The van der Waals surface area contributed by atoms with Crippen LogP contribution in [0, 0.1) is 0 Å². The van der Waals surface area contributed by atoms with Crippen molar-refractivity contribution in [2.75, 3.05) is 6.61 Å². The van der Waals surface area contributed by atoms with Crippen LogP contribution < -0.4 is 0 Å². The molecule has 0 amide bonds. The second kappa shape index (κ2) is 14.2. The molecule has 0 saturated carbocycles. The van der Waals surface area contributed by atoms with Crippen LogP contribution >= 0.6 is 0 Å². The first-order valence-corrected chi connectivity index (χ1v) is 7.25. The Labute approximate surface area is 111 Å². The van der Waals surface area contributed by atoms with Crippen molar-refractivity contribution in [1.82, 2.24) is 0 Å². The minimum Gasteiger partial charge on any atom is -0.481 e. The molecular weight excluding hydrogens is 228 g/mol. The fourth-order valence-corrected chi connectivity index (χ4v) is 1.86. The van der Waals surface area contributed by atoms with Crippen LogP contribution in [-0.4, -0.2) is 22.8 Å². The van der Waals surface area contributed by atoms with Gasteiger partial charge in [0.2, 0.25) is 0 Å². The van der Waals surface area contributed by atoms with E-state index in [4.69, 9.17) is 10.2 Å². The van der Waals surface area contributed by atoms with Gasteiger partial charge in [-0.2, -0.15) is 0 Å². The molecule has 0 bridgehead atoms. The number of aliphatic carboxylic acids is 1. The minimum absolute atomic E-state index is 0.309. The molecule has 0 heterocycles. The highest BCUT2D eigenvalue weighted by atomic mass is 16.4.